The molecule has 124 valence electrons. The van der Waals surface area contributed by atoms with E-state index in [1.807, 2.05) is 17.5 Å². The molecule has 0 bridgehead atoms. The lowest BCUT2D eigenvalue weighted by atomic mass is 9.93. The van der Waals surface area contributed by atoms with E-state index < -0.39 is 0 Å². The fourth-order valence-corrected chi connectivity index (χ4v) is 3.16. The van der Waals surface area contributed by atoms with Crippen LogP contribution in [0, 0.1) is 0 Å². The van der Waals surface area contributed by atoms with E-state index in [0.29, 0.717) is 10.5 Å². The molecular formula is C17H18N4O2S. The van der Waals surface area contributed by atoms with Gasteiger partial charge in [0, 0.05) is 16.2 Å². The van der Waals surface area contributed by atoms with Gasteiger partial charge in [-0.15, -0.1) is 11.3 Å². The summed E-state index contributed by atoms with van der Waals surface area (Å²) < 4.78 is 1.16. The summed E-state index contributed by atoms with van der Waals surface area (Å²) in [6.07, 6.45) is 1.59. The standard InChI is InChI=1S/C17H18N4O2S/c1-17(2,3)13-10-24-16(19-13)20-14(22)9-21-15(23)12-7-5-4-6-11(12)8-18-21/h4-8,10H,9H2,1-3H3,(H,19,20,22). The van der Waals surface area contributed by atoms with Gasteiger partial charge in [0.1, 0.15) is 6.54 Å². The van der Waals surface area contributed by atoms with Crippen molar-refractivity contribution in [2.75, 3.05) is 5.32 Å². The van der Waals surface area contributed by atoms with E-state index in [0.717, 1.165) is 15.8 Å². The van der Waals surface area contributed by atoms with Crippen molar-refractivity contribution < 1.29 is 4.79 Å². The monoisotopic (exact) mass is 342 g/mol. The van der Waals surface area contributed by atoms with Crippen molar-refractivity contribution in [2.45, 2.75) is 32.7 Å². The molecule has 0 spiro atoms. The van der Waals surface area contributed by atoms with Gasteiger partial charge in [-0.2, -0.15) is 5.10 Å². The predicted molar refractivity (Wildman–Crippen MR) is 95.4 cm³/mol. The highest BCUT2D eigenvalue weighted by Gasteiger charge is 2.18. The quantitative estimate of drug-likeness (QED) is 0.794. The highest BCUT2D eigenvalue weighted by Crippen LogP contribution is 2.26. The summed E-state index contributed by atoms with van der Waals surface area (Å²) in [6.45, 7) is 6.04. The number of aromatic nitrogens is 3. The lowest BCUT2D eigenvalue weighted by Crippen LogP contribution is -2.29. The maximum Gasteiger partial charge on any atom is 0.275 e. The van der Waals surface area contributed by atoms with Gasteiger partial charge in [0.2, 0.25) is 5.91 Å². The zero-order valence-corrected chi connectivity index (χ0v) is 14.6. The Hall–Kier alpha value is -2.54. The molecule has 1 aromatic carbocycles. The summed E-state index contributed by atoms with van der Waals surface area (Å²) >= 11 is 1.37. The van der Waals surface area contributed by atoms with E-state index in [2.05, 4.69) is 36.2 Å². The molecule has 6 nitrogen and oxygen atoms in total. The second-order valence-corrected chi connectivity index (χ2v) is 7.39. The van der Waals surface area contributed by atoms with Gasteiger partial charge in [-0.3, -0.25) is 9.59 Å². The number of amides is 1. The number of carbonyl (C=O) groups is 1. The van der Waals surface area contributed by atoms with Crippen LogP contribution < -0.4 is 10.9 Å². The molecule has 3 rings (SSSR count). The molecule has 0 aliphatic rings. The number of nitrogens with zero attached hydrogens (tertiary/aromatic N) is 3. The summed E-state index contributed by atoms with van der Waals surface area (Å²) in [7, 11) is 0. The third-order valence-corrected chi connectivity index (χ3v) is 4.33. The van der Waals surface area contributed by atoms with Gasteiger partial charge in [-0.05, 0) is 6.07 Å². The molecule has 0 unspecified atom stereocenters. The zero-order valence-electron chi connectivity index (χ0n) is 13.7. The van der Waals surface area contributed by atoms with Crippen LogP contribution in [0.4, 0.5) is 5.13 Å². The Morgan fingerprint density at radius 2 is 2.04 bits per heavy atom. The topological polar surface area (TPSA) is 76.9 Å². The van der Waals surface area contributed by atoms with Gasteiger partial charge in [0.05, 0.1) is 17.3 Å². The fraction of sp³-hybridized carbons (Fsp3) is 0.294. The molecule has 0 fully saturated rings. The van der Waals surface area contributed by atoms with Gasteiger partial charge in [-0.1, -0.05) is 39.0 Å². The van der Waals surface area contributed by atoms with Crippen LogP contribution in [0.5, 0.6) is 0 Å². The molecule has 0 saturated carbocycles. The third kappa shape index (κ3) is 3.35. The van der Waals surface area contributed by atoms with Crippen LogP contribution in [-0.4, -0.2) is 20.7 Å². The molecule has 24 heavy (non-hydrogen) atoms. The van der Waals surface area contributed by atoms with Crippen LogP contribution in [0.25, 0.3) is 10.8 Å². The van der Waals surface area contributed by atoms with Crippen molar-refractivity contribution in [2.24, 2.45) is 0 Å². The molecular weight excluding hydrogens is 324 g/mol. The van der Waals surface area contributed by atoms with Gasteiger partial charge in [-0.25, -0.2) is 9.67 Å². The lowest BCUT2D eigenvalue weighted by molar-refractivity contribution is -0.117. The Bertz CT molecular complexity index is 953. The Morgan fingerprint density at radius 3 is 2.75 bits per heavy atom. The van der Waals surface area contributed by atoms with E-state index in [4.69, 9.17) is 0 Å². The first-order valence-electron chi connectivity index (χ1n) is 7.55. The lowest BCUT2D eigenvalue weighted by Gasteiger charge is -2.14. The second kappa shape index (κ2) is 6.16. The minimum absolute atomic E-state index is 0.0731. The number of benzene rings is 1. The number of carbonyl (C=O) groups excluding carboxylic acids is 1. The van der Waals surface area contributed by atoms with Crippen LogP contribution in [-0.2, 0) is 16.8 Å². The van der Waals surface area contributed by atoms with Crippen LogP contribution in [0.15, 0.2) is 40.6 Å². The van der Waals surface area contributed by atoms with E-state index in [1.54, 1.807) is 18.3 Å². The van der Waals surface area contributed by atoms with Crippen LogP contribution in [0.3, 0.4) is 0 Å². The summed E-state index contributed by atoms with van der Waals surface area (Å²) in [5, 5.41) is 10.5. The van der Waals surface area contributed by atoms with Gasteiger partial charge < -0.3 is 5.32 Å². The summed E-state index contributed by atoms with van der Waals surface area (Å²) in [6, 6.07) is 7.18. The van der Waals surface area contributed by atoms with Gasteiger partial charge >= 0.3 is 0 Å². The molecule has 1 amide bonds. The first-order valence-corrected chi connectivity index (χ1v) is 8.43. The minimum Gasteiger partial charge on any atom is -0.300 e. The molecule has 0 aliphatic heterocycles. The first-order chi connectivity index (χ1) is 11.3. The maximum atomic E-state index is 12.4. The normalized spacial score (nSPS) is 11.6. The molecule has 2 aromatic heterocycles. The second-order valence-electron chi connectivity index (χ2n) is 6.53. The fourth-order valence-electron chi connectivity index (χ4n) is 2.21. The number of hydrogen-bond donors (Lipinski definition) is 1. The van der Waals surface area contributed by atoms with Crippen molar-refractivity contribution in [1.82, 2.24) is 14.8 Å². The molecule has 0 atom stereocenters. The highest BCUT2D eigenvalue weighted by molar-refractivity contribution is 7.13. The van der Waals surface area contributed by atoms with E-state index in [-0.39, 0.29) is 23.4 Å². The Kier molecular flexibility index (Phi) is 4.19. The molecule has 0 radical (unpaired) electrons. The molecule has 2 heterocycles. The number of hydrogen-bond acceptors (Lipinski definition) is 5. The van der Waals surface area contributed by atoms with Crippen molar-refractivity contribution in [1.29, 1.82) is 0 Å². The van der Waals surface area contributed by atoms with E-state index in [9.17, 15) is 9.59 Å². The minimum atomic E-state index is -0.324. The predicted octanol–water partition coefficient (Wildman–Crippen LogP) is 2.79. The van der Waals surface area contributed by atoms with Crippen molar-refractivity contribution >= 4 is 33.1 Å². The average Bonchev–Trinajstić information content (AvgIpc) is 2.99. The smallest absolute Gasteiger partial charge is 0.275 e. The SMILES string of the molecule is CC(C)(C)c1csc(NC(=O)Cn2ncc3ccccc3c2=O)n1. The molecule has 1 N–H and O–H groups in total. The Labute approximate surface area is 143 Å². The summed E-state index contributed by atoms with van der Waals surface area (Å²) in [4.78, 5) is 29.0. The first kappa shape index (κ1) is 16.3. The molecule has 0 aliphatic carbocycles. The maximum absolute atomic E-state index is 12.4. The van der Waals surface area contributed by atoms with Crippen LogP contribution >= 0.6 is 11.3 Å². The number of anilines is 1. The highest BCUT2D eigenvalue weighted by atomic mass is 32.1. The molecule has 7 heteroatoms. The zero-order chi connectivity index (χ0) is 17.3. The number of fused-ring (bicyclic) bond motifs is 1. The average molecular weight is 342 g/mol. The Morgan fingerprint density at radius 1 is 1.29 bits per heavy atom. The number of rotatable bonds is 3. The third-order valence-electron chi connectivity index (χ3n) is 3.57. The van der Waals surface area contributed by atoms with Crippen LogP contribution in [0.1, 0.15) is 26.5 Å². The van der Waals surface area contributed by atoms with Gasteiger partial charge in [0.25, 0.3) is 5.56 Å². The van der Waals surface area contributed by atoms with Crippen molar-refractivity contribution in [3.8, 4) is 0 Å². The summed E-state index contributed by atoms with van der Waals surface area (Å²) in [5.41, 5.74) is 0.567. The summed E-state index contributed by atoms with van der Waals surface area (Å²) in [5.74, 6) is -0.324. The number of thiazole rings is 1. The van der Waals surface area contributed by atoms with Gasteiger partial charge in [0.15, 0.2) is 5.13 Å². The largest absolute Gasteiger partial charge is 0.300 e. The van der Waals surface area contributed by atoms with E-state index >= 15 is 0 Å². The van der Waals surface area contributed by atoms with E-state index in [1.165, 1.54) is 11.3 Å². The molecule has 3 aromatic rings. The Balaban J connectivity index is 1.77. The number of nitrogens with one attached hydrogen (secondary N) is 1. The van der Waals surface area contributed by atoms with Crippen LogP contribution in [0.2, 0.25) is 0 Å². The molecule has 0 saturated heterocycles. The van der Waals surface area contributed by atoms with Crippen molar-refractivity contribution in [3.63, 3.8) is 0 Å². The van der Waals surface area contributed by atoms with Crippen molar-refractivity contribution in [3.05, 3.63) is 51.9 Å².